The molecule has 2 aromatic rings. The van der Waals surface area contributed by atoms with Crippen LogP contribution in [0.3, 0.4) is 0 Å². The van der Waals surface area contributed by atoms with E-state index in [0.717, 1.165) is 36.0 Å². The number of hydrogen-bond acceptors (Lipinski definition) is 4. The van der Waals surface area contributed by atoms with Gasteiger partial charge in [-0.3, -0.25) is 4.79 Å². The van der Waals surface area contributed by atoms with Gasteiger partial charge in [-0.15, -0.1) is 0 Å². The topological polar surface area (TPSA) is 59.8 Å². The predicted octanol–water partition coefficient (Wildman–Crippen LogP) is 2.67. The highest BCUT2D eigenvalue weighted by atomic mass is 16.5. The monoisotopic (exact) mass is 329 g/mol. The lowest BCUT2D eigenvalue weighted by Crippen LogP contribution is -2.38. The molecule has 5 nitrogen and oxygen atoms in total. The SMILES string of the molecule is CCN(CC1CCCO1)C(=O)Cc1cc(=O)oc2cc(C)ccc12. The molecule has 0 saturated carbocycles. The van der Waals surface area contributed by atoms with Gasteiger partial charge in [0.15, 0.2) is 0 Å². The Kier molecular flexibility index (Phi) is 5.00. The molecule has 1 fully saturated rings. The quantitative estimate of drug-likeness (QED) is 0.791. The van der Waals surface area contributed by atoms with Crippen molar-refractivity contribution in [2.45, 2.75) is 39.2 Å². The van der Waals surface area contributed by atoms with E-state index in [1.165, 1.54) is 6.07 Å². The predicted molar refractivity (Wildman–Crippen MR) is 92.2 cm³/mol. The molecular weight excluding hydrogens is 306 g/mol. The number of amides is 1. The average Bonchev–Trinajstić information content (AvgIpc) is 3.04. The highest BCUT2D eigenvalue weighted by Gasteiger charge is 2.22. The van der Waals surface area contributed by atoms with Gasteiger partial charge >= 0.3 is 5.63 Å². The maximum atomic E-state index is 12.7. The molecular formula is C19H23NO4. The highest BCUT2D eigenvalue weighted by molar-refractivity contribution is 5.87. The maximum absolute atomic E-state index is 12.7. The number of benzene rings is 1. The van der Waals surface area contributed by atoms with E-state index in [0.29, 0.717) is 18.7 Å². The molecule has 2 heterocycles. The molecule has 128 valence electrons. The van der Waals surface area contributed by atoms with E-state index < -0.39 is 5.63 Å². The van der Waals surface area contributed by atoms with Gasteiger partial charge in [-0.2, -0.15) is 0 Å². The highest BCUT2D eigenvalue weighted by Crippen LogP contribution is 2.20. The average molecular weight is 329 g/mol. The molecule has 0 radical (unpaired) electrons. The standard InChI is InChI=1S/C19H23NO4/c1-3-20(12-15-5-4-8-23-15)18(21)10-14-11-19(22)24-17-9-13(2)6-7-16(14)17/h6-7,9,11,15H,3-5,8,10,12H2,1-2H3. The van der Waals surface area contributed by atoms with Gasteiger partial charge in [0.2, 0.25) is 5.91 Å². The van der Waals surface area contributed by atoms with Gasteiger partial charge in [-0.25, -0.2) is 4.79 Å². The zero-order valence-electron chi connectivity index (χ0n) is 14.2. The summed E-state index contributed by atoms with van der Waals surface area (Å²) in [6.45, 7) is 5.94. The van der Waals surface area contributed by atoms with Crippen LogP contribution in [0.4, 0.5) is 0 Å². The molecule has 1 aliphatic heterocycles. The largest absolute Gasteiger partial charge is 0.423 e. The summed E-state index contributed by atoms with van der Waals surface area (Å²) >= 11 is 0. The number of hydrogen-bond donors (Lipinski definition) is 0. The second kappa shape index (κ2) is 7.18. The maximum Gasteiger partial charge on any atom is 0.336 e. The van der Waals surface area contributed by atoms with Gasteiger partial charge in [-0.05, 0) is 43.9 Å². The van der Waals surface area contributed by atoms with Crippen LogP contribution in [0.2, 0.25) is 0 Å². The summed E-state index contributed by atoms with van der Waals surface area (Å²) in [5.41, 5.74) is 1.85. The first-order chi connectivity index (χ1) is 11.6. The Bertz CT molecular complexity index is 790. The van der Waals surface area contributed by atoms with Crippen molar-refractivity contribution in [1.29, 1.82) is 0 Å². The molecule has 0 spiro atoms. The molecule has 3 rings (SSSR count). The third-order valence-electron chi connectivity index (χ3n) is 4.51. The molecule has 24 heavy (non-hydrogen) atoms. The summed E-state index contributed by atoms with van der Waals surface area (Å²) in [6, 6.07) is 7.12. The van der Waals surface area contributed by atoms with Gasteiger partial charge in [0.05, 0.1) is 12.5 Å². The van der Waals surface area contributed by atoms with Crippen molar-refractivity contribution >= 4 is 16.9 Å². The van der Waals surface area contributed by atoms with E-state index in [-0.39, 0.29) is 18.4 Å². The van der Waals surface area contributed by atoms with E-state index >= 15 is 0 Å². The van der Waals surface area contributed by atoms with Crippen molar-refractivity contribution in [3.8, 4) is 0 Å². The van der Waals surface area contributed by atoms with E-state index in [1.807, 2.05) is 36.9 Å². The number of ether oxygens (including phenoxy) is 1. The molecule has 0 bridgehead atoms. The van der Waals surface area contributed by atoms with Crippen LogP contribution in [0.15, 0.2) is 33.5 Å². The zero-order chi connectivity index (χ0) is 17.1. The smallest absolute Gasteiger partial charge is 0.336 e. The van der Waals surface area contributed by atoms with Crippen LogP contribution in [0.1, 0.15) is 30.9 Å². The zero-order valence-corrected chi connectivity index (χ0v) is 14.2. The summed E-state index contributed by atoms with van der Waals surface area (Å²) in [7, 11) is 0. The van der Waals surface area contributed by atoms with Crippen LogP contribution in [0.25, 0.3) is 11.0 Å². The summed E-state index contributed by atoms with van der Waals surface area (Å²) in [6.07, 6.45) is 2.39. The van der Waals surface area contributed by atoms with Crippen LogP contribution < -0.4 is 5.63 Å². The normalized spacial score (nSPS) is 17.3. The number of likely N-dealkylation sites (N-methyl/N-ethyl adjacent to an activating group) is 1. The second-order valence-corrected chi connectivity index (χ2v) is 6.33. The Labute approximate surface area is 141 Å². The van der Waals surface area contributed by atoms with Gasteiger partial charge in [0.1, 0.15) is 5.58 Å². The number of nitrogens with zero attached hydrogens (tertiary/aromatic N) is 1. The summed E-state index contributed by atoms with van der Waals surface area (Å²) in [5.74, 6) is 0.0143. The molecule has 0 aliphatic carbocycles. The van der Waals surface area contributed by atoms with Crippen molar-refractivity contribution in [3.05, 3.63) is 45.8 Å². The van der Waals surface area contributed by atoms with Crippen molar-refractivity contribution < 1.29 is 13.9 Å². The van der Waals surface area contributed by atoms with Crippen LogP contribution in [-0.4, -0.2) is 36.6 Å². The Morgan fingerprint density at radius 2 is 2.17 bits per heavy atom. The van der Waals surface area contributed by atoms with E-state index in [1.54, 1.807) is 0 Å². The lowest BCUT2D eigenvalue weighted by Gasteiger charge is -2.24. The Morgan fingerprint density at radius 1 is 1.33 bits per heavy atom. The van der Waals surface area contributed by atoms with Crippen molar-refractivity contribution in [1.82, 2.24) is 4.90 Å². The Balaban J connectivity index is 1.82. The van der Waals surface area contributed by atoms with Gasteiger partial charge in [0, 0.05) is 31.1 Å². The second-order valence-electron chi connectivity index (χ2n) is 6.33. The lowest BCUT2D eigenvalue weighted by atomic mass is 10.0. The Morgan fingerprint density at radius 3 is 2.88 bits per heavy atom. The Hall–Kier alpha value is -2.14. The third-order valence-corrected chi connectivity index (χ3v) is 4.51. The van der Waals surface area contributed by atoms with Gasteiger partial charge in [0.25, 0.3) is 0 Å². The molecule has 1 aromatic carbocycles. The fourth-order valence-electron chi connectivity index (χ4n) is 3.20. The fourth-order valence-corrected chi connectivity index (χ4v) is 3.20. The summed E-state index contributed by atoms with van der Waals surface area (Å²) in [5, 5.41) is 0.821. The van der Waals surface area contributed by atoms with Crippen LogP contribution >= 0.6 is 0 Å². The number of aryl methyl sites for hydroxylation is 1. The van der Waals surface area contributed by atoms with E-state index in [4.69, 9.17) is 9.15 Å². The molecule has 1 amide bonds. The van der Waals surface area contributed by atoms with Crippen molar-refractivity contribution in [3.63, 3.8) is 0 Å². The first-order valence-corrected chi connectivity index (χ1v) is 8.49. The fraction of sp³-hybridized carbons (Fsp3) is 0.474. The molecule has 1 atom stereocenters. The molecule has 5 heteroatoms. The van der Waals surface area contributed by atoms with Crippen molar-refractivity contribution in [2.75, 3.05) is 19.7 Å². The van der Waals surface area contributed by atoms with Gasteiger partial charge in [-0.1, -0.05) is 12.1 Å². The van der Waals surface area contributed by atoms with Crippen LogP contribution in [0, 0.1) is 6.92 Å². The molecule has 1 aromatic heterocycles. The molecule has 0 N–H and O–H groups in total. The number of carbonyl (C=O) groups is 1. The minimum atomic E-state index is -0.418. The molecule has 1 saturated heterocycles. The van der Waals surface area contributed by atoms with E-state index in [9.17, 15) is 9.59 Å². The van der Waals surface area contributed by atoms with Crippen LogP contribution in [-0.2, 0) is 16.0 Å². The van der Waals surface area contributed by atoms with Gasteiger partial charge < -0.3 is 14.1 Å². The molecule has 1 aliphatic rings. The number of fused-ring (bicyclic) bond motifs is 1. The van der Waals surface area contributed by atoms with Crippen molar-refractivity contribution in [2.24, 2.45) is 0 Å². The first kappa shape index (κ1) is 16.7. The summed E-state index contributed by atoms with van der Waals surface area (Å²) < 4.78 is 10.9. The third kappa shape index (κ3) is 3.67. The minimum Gasteiger partial charge on any atom is -0.423 e. The lowest BCUT2D eigenvalue weighted by molar-refractivity contribution is -0.131. The van der Waals surface area contributed by atoms with Crippen LogP contribution in [0.5, 0.6) is 0 Å². The molecule has 1 unspecified atom stereocenters. The summed E-state index contributed by atoms with van der Waals surface area (Å²) in [4.78, 5) is 26.3. The van der Waals surface area contributed by atoms with E-state index in [2.05, 4.69) is 0 Å². The first-order valence-electron chi connectivity index (χ1n) is 8.49. The number of rotatable bonds is 5. The minimum absolute atomic E-state index is 0.0143. The number of carbonyl (C=O) groups excluding carboxylic acids is 1.